The fourth-order valence-electron chi connectivity index (χ4n) is 3.27. The van der Waals surface area contributed by atoms with Crippen LogP contribution >= 0.6 is 0 Å². The fraction of sp³-hybridized carbons (Fsp3) is 0.714. The van der Waals surface area contributed by atoms with Gasteiger partial charge in [-0.1, -0.05) is 0 Å². The molecule has 3 rings (SSSR count). The van der Waals surface area contributed by atoms with E-state index in [4.69, 9.17) is 0 Å². The van der Waals surface area contributed by atoms with E-state index in [0.29, 0.717) is 25.9 Å². The highest BCUT2D eigenvalue weighted by Crippen LogP contribution is 2.33. The molecule has 1 aromatic rings. The number of aromatic amines is 1. The Balaban J connectivity index is 1.54. The first-order valence-corrected chi connectivity index (χ1v) is 7.36. The van der Waals surface area contributed by atoms with Crippen LogP contribution in [0.4, 0.5) is 0 Å². The van der Waals surface area contributed by atoms with Gasteiger partial charge in [0.05, 0.1) is 11.8 Å². The molecule has 3 heterocycles. The van der Waals surface area contributed by atoms with E-state index in [-0.39, 0.29) is 11.8 Å². The number of likely N-dealkylation sites (tertiary alicyclic amines) is 1. The zero-order valence-electron chi connectivity index (χ0n) is 11.6. The van der Waals surface area contributed by atoms with Gasteiger partial charge in [-0.3, -0.25) is 9.89 Å². The zero-order valence-corrected chi connectivity index (χ0v) is 11.6. The van der Waals surface area contributed by atoms with Crippen LogP contribution in [0, 0.1) is 5.92 Å². The molecular formula is C14H22N4O2. The first kappa shape index (κ1) is 13.6. The molecule has 2 saturated heterocycles. The van der Waals surface area contributed by atoms with Crippen molar-refractivity contribution in [1.29, 1.82) is 0 Å². The van der Waals surface area contributed by atoms with Gasteiger partial charge >= 0.3 is 0 Å². The quantitative estimate of drug-likeness (QED) is 0.722. The molecule has 20 heavy (non-hydrogen) atoms. The number of carbonyl (C=O) groups is 1. The summed E-state index contributed by atoms with van der Waals surface area (Å²) < 4.78 is 0. The number of amides is 1. The van der Waals surface area contributed by atoms with Gasteiger partial charge in [0, 0.05) is 38.2 Å². The Morgan fingerprint density at radius 1 is 1.55 bits per heavy atom. The van der Waals surface area contributed by atoms with Gasteiger partial charge in [-0.2, -0.15) is 5.10 Å². The summed E-state index contributed by atoms with van der Waals surface area (Å²) in [4.78, 5) is 14.2. The fourth-order valence-corrected chi connectivity index (χ4v) is 3.27. The average molecular weight is 278 g/mol. The Morgan fingerprint density at radius 3 is 3.25 bits per heavy atom. The largest absolute Gasteiger partial charge is 0.389 e. The Labute approximate surface area is 118 Å². The second kappa shape index (κ2) is 5.54. The van der Waals surface area contributed by atoms with Crippen LogP contribution in [-0.4, -0.2) is 57.9 Å². The highest BCUT2D eigenvalue weighted by Gasteiger charge is 2.43. The van der Waals surface area contributed by atoms with E-state index in [1.165, 1.54) is 0 Å². The number of H-pyrrole nitrogens is 1. The predicted octanol–water partition coefficient (Wildman–Crippen LogP) is -0.0848. The van der Waals surface area contributed by atoms with Crippen LogP contribution in [-0.2, 0) is 11.2 Å². The molecule has 3 N–H and O–H groups in total. The lowest BCUT2D eigenvalue weighted by Crippen LogP contribution is -2.59. The maximum atomic E-state index is 12.3. The van der Waals surface area contributed by atoms with Gasteiger partial charge in [0.1, 0.15) is 0 Å². The van der Waals surface area contributed by atoms with Crippen molar-refractivity contribution in [3.8, 4) is 0 Å². The number of fused-ring (bicyclic) bond motifs is 1. The van der Waals surface area contributed by atoms with Gasteiger partial charge in [-0.05, 0) is 31.4 Å². The van der Waals surface area contributed by atoms with Gasteiger partial charge < -0.3 is 15.3 Å². The van der Waals surface area contributed by atoms with E-state index in [2.05, 4.69) is 15.5 Å². The molecule has 0 aliphatic carbocycles. The molecule has 0 saturated carbocycles. The highest BCUT2D eigenvalue weighted by atomic mass is 16.3. The lowest BCUT2D eigenvalue weighted by molar-refractivity contribution is -0.142. The van der Waals surface area contributed by atoms with Crippen LogP contribution in [0.15, 0.2) is 12.4 Å². The molecule has 6 heteroatoms. The third-order valence-electron chi connectivity index (χ3n) is 4.68. The Morgan fingerprint density at radius 2 is 2.45 bits per heavy atom. The van der Waals surface area contributed by atoms with E-state index >= 15 is 0 Å². The van der Waals surface area contributed by atoms with Gasteiger partial charge in [-0.25, -0.2) is 0 Å². The average Bonchev–Trinajstić information content (AvgIpc) is 2.97. The minimum Gasteiger partial charge on any atom is -0.389 e. The van der Waals surface area contributed by atoms with Crippen molar-refractivity contribution < 1.29 is 9.90 Å². The number of aliphatic hydroxyl groups is 1. The number of carbonyl (C=O) groups excluding carboxylic acids is 1. The molecule has 1 aromatic heterocycles. The lowest BCUT2D eigenvalue weighted by atomic mass is 9.76. The van der Waals surface area contributed by atoms with Gasteiger partial charge in [0.25, 0.3) is 0 Å². The summed E-state index contributed by atoms with van der Waals surface area (Å²) in [5.74, 6) is 0.349. The maximum Gasteiger partial charge on any atom is 0.222 e. The monoisotopic (exact) mass is 278 g/mol. The zero-order chi connectivity index (χ0) is 14.0. The first-order valence-electron chi connectivity index (χ1n) is 7.36. The Bertz CT molecular complexity index is 462. The standard InChI is InChI=1S/C14H22N4O2/c19-13(2-1-11-7-16-17-8-11)18-6-4-14(20)3-5-15-9-12(14)10-18/h7-8,12,15,20H,1-6,9-10H2,(H,16,17)/t12-,14-/m0/s1. The first-order chi connectivity index (χ1) is 9.67. The van der Waals surface area contributed by atoms with Crippen LogP contribution in [0.3, 0.4) is 0 Å². The minimum atomic E-state index is -0.563. The summed E-state index contributed by atoms with van der Waals surface area (Å²) in [5.41, 5.74) is 0.498. The molecule has 2 aliphatic heterocycles. The molecule has 0 spiro atoms. The second-order valence-electron chi connectivity index (χ2n) is 5.95. The van der Waals surface area contributed by atoms with Crippen molar-refractivity contribution in [3.63, 3.8) is 0 Å². The predicted molar refractivity (Wildman–Crippen MR) is 74.0 cm³/mol. The number of hydrogen-bond acceptors (Lipinski definition) is 4. The summed E-state index contributed by atoms with van der Waals surface area (Å²) in [6.45, 7) is 3.04. The number of nitrogens with one attached hydrogen (secondary N) is 2. The van der Waals surface area contributed by atoms with Crippen molar-refractivity contribution in [2.75, 3.05) is 26.2 Å². The number of piperidine rings is 2. The van der Waals surface area contributed by atoms with Crippen LogP contribution in [0.25, 0.3) is 0 Å². The molecule has 2 atom stereocenters. The molecule has 0 bridgehead atoms. The smallest absolute Gasteiger partial charge is 0.222 e. The topological polar surface area (TPSA) is 81.2 Å². The van der Waals surface area contributed by atoms with Gasteiger partial charge in [-0.15, -0.1) is 0 Å². The molecule has 6 nitrogen and oxygen atoms in total. The third-order valence-corrected chi connectivity index (χ3v) is 4.68. The number of rotatable bonds is 3. The molecule has 1 amide bonds. The SMILES string of the molecule is O=C(CCc1cn[nH]c1)N1CC[C@@]2(O)CCNC[C@H]2C1. The number of nitrogens with zero attached hydrogens (tertiary/aromatic N) is 2. The molecule has 110 valence electrons. The number of aromatic nitrogens is 2. The van der Waals surface area contributed by atoms with Crippen molar-refractivity contribution in [1.82, 2.24) is 20.4 Å². The molecule has 0 unspecified atom stereocenters. The number of aryl methyl sites for hydroxylation is 1. The van der Waals surface area contributed by atoms with E-state index in [1.807, 2.05) is 11.1 Å². The van der Waals surface area contributed by atoms with Crippen LogP contribution in [0.2, 0.25) is 0 Å². The number of hydrogen-bond donors (Lipinski definition) is 3. The van der Waals surface area contributed by atoms with Crippen LogP contribution in [0.1, 0.15) is 24.8 Å². The van der Waals surface area contributed by atoms with Gasteiger partial charge in [0.2, 0.25) is 5.91 Å². The highest BCUT2D eigenvalue weighted by molar-refractivity contribution is 5.76. The minimum absolute atomic E-state index is 0.169. The van der Waals surface area contributed by atoms with E-state index < -0.39 is 5.60 Å². The van der Waals surface area contributed by atoms with Crippen LogP contribution < -0.4 is 5.32 Å². The van der Waals surface area contributed by atoms with E-state index in [9.17, 15) is 9.90 Å². The summed E-state index contributed by atoms with van der Waals surface area (Å²) in [5, 5.41) is 20.5. The van der Waals surface area contributed by atoms with Crippen molar-refractivity contribution in [2.45, 2.75) is 31.3 Å². The Kier molecular flexibility index (Phi) is 3.76. The van der Waals surface area contributed by atoms with Crippen molar-refractivity contribution in [3.05, 3.63) is 18.0 Å². The van der Waals surface area contributed by atoms with Crippen molar-refractivity contribution >= 4 is 5.91 Å². The summed E-state index contributed by atoms with van der Waals surface area (Å²) >= 11 is 0. The molecule has 2 fully saturated rings. The summed E-state index contributed by atoms with van der Waals surface area (Å²) in [6.07, 6.45) is 6.32. The van der Waals surface area contributed by atoms with Crippen LogP contribution in [0.5, 0.6) is 0 Å². The second-order valence-corrected chi connectivity index (χ2v) is 5.95. The lowest BCUT2D eigenvalue weighted by Gasteiger charge is -2.47. The molecular weight excluding hydrogens is 256 g/mol. The molecule has 2 aliphatic rings. The van der Waals surface area contributed by atoms with Crippen molar-refractivity contribution in [2.24, 2.45) is 5.92 Å². The summed E-state index contributed by atoms with van der Waals surface area (Å²) in [7, 11) is 0. The molecule has 0 aromatic carbocycles. The molecule has 0 radical (unpaired) electrons. The normalized spacial score (nSPS) is 30.1. The van der Waals surface area contributed by atoms with Gasteiger partial charge in [0.15, 0.2) is 0 Å². The maximum absolute atomic E-state index is 12.3. The van der Waals surface area contributed by atoms with E-state index in [0.717, 1.165) is 31.5 Å². The third kappa shape index (κ3) is 2.71. The summed E-state index contributed by atoms with van der Waals surface area (Å²) in [6, 6.07) is 0. The van der Waals surface area contributed by atoms with E-state index in [1.54, 1.807) is 6.20 Å². The Hall–Kier alpha value is -1.40.